The van der Waals surface area contributed by atoms with E-state index >= 15 is 0 Å². The van der Waals surface area contributed by atoms with Crippen LogP contribution in [0.4, 0.5) is 0 Å². The Balaban J connectivity index is 1.74. The lowest BCUT2D eigenvalue weighted by Crippen LogP contribution is -2.17. The smallest absolute Gasteiger partial charge is 0.213 e. The minimum absolute atomic E-state index is 0.663. The molecule has 2 aromatic heterocycles. The summed E-state index contributed by atoms with van der Waals surface area (Å²) in [5.74, 6) is 0.663. The Morgan fingerprint density at radius 3 is 2.94 bits per heavy atom. The second-order valence-corrected chi connectivity index (χ2v) is 6.35. The third-order valence-corrected chi connectivity index (χ3v) is 4.16. The van der Waals surface area contributed by atoms with Crippen LogP contribution < -0.4 is 10.1 Å². The van der Waals surface area contributed by atoms with Gasteiger partial charge in [-0.2, -0.15) is 0 Å². The van der Waals surface area contributed by atoms with Gasteiger partial charge in [0.2, 0.25) is 5.88 Å². The number of hydrogen-bond donors (Lipinski definition) is 1. The van der Waals surface area contributed by atoms with Gasteiger partial charge in [0.25, 0.3) is 0 Å². The third kappa shape index (κ3) is 4.08. The Labute approximate surface area is 119 Å². The van der Waals surface area contributed by atoms with Crippen LogP contribution in [-0.2, 0) is 13.0 Å². The quantitative estimate of drug-likeness (QED) is 0.827. The molecular formula is C13H15BrN2OS. The first-order chi connectivity index (χ1) is 8.78. The van der Waals surface area contributed by atoms with E-state index in [4.69, 9.17) is 4.74 Å². The number of pyridine rings is 1. The molecule has 1 N–H and O–H groups in total. The van der Waals surface area contributed by atoms with Gasteiger partial charge in [-0.05, 0) is 40.5 Å². The second kappa shape index (κ2) is 6.87. The molecule has 3 nitrogen and oxygen atoms in total. The van der Waals surface area contributed by atoms with E-state index in [-0.39, 0.29) is 0 Å². The van der Waals surface area contributed by atoms with Gasteiger partial charge in [0.1, 0.15) is 0 Å². The maximum absolute atomic E-state index is 5.09. The summed E-state index contributed by atoms with van der Waals surface area (Å²) in [6.45, 7) is 1.72. The van der Waals surface area contributed by atoms with Gasteiger partial charge in [0.15, 0.2) is 0 Å². The number of aromatic nitrogens is 1. The fourth-order valence-electron chi connectivity index (χ4n) is 1.58. The predicted molar refractivity (Wildman–Crippen MR) is 78.2 cm³/mol. The first-order valence-corrected chi connectivity index (χ1v) is 7.34. The molecule has 0 aromatic carbocycles. The van der Waals surface area contributed by atoms with Gasteiger partial charge >= 0.3 is 0 Å². The van der Waals surface area contributed by atoms with Gasteiger partial charge in [-0.25, -0.2) is 4.98 Å². The number of ether oxygens (including phenoxy) is 1. The van der Waals surface area contributed by atoms with Gasteiger partial charge in [0, 0.05) is 24.0 Å². The molecule has 0 bridgehead atoms. The summed E-state index contributed by atoms with van der Waals surface area (Å²) in [6, 6.07) is 10.0. The summed E-state index contributed by atoms with van der Waals surface area (Å²) < 4.78 is 6.28. The molecule has 0 unspecified atom stereocenters. The lowest BCUT2D eigenvalue weighted by molar-refractivity contribution is 0.395. The molecule has 0 amide bonds. The lowest BCUT2D eigenvalue weighted by Gasteiger charge is -2.05. The van der Waals surface area contributed by atoms with Crippen LogP contribution in [0.3, 0.4) is 0 Å². The van der Waals surface area contributed by atoms with E-state index in [1.807, 2.05) is 18.2 Å². The van der Waals surface area contributed by atoms with Gasteiger partial charge < -0.3 is 10.1 Å². The average molecular weight is 327 g/mol. The monoisotopic (exact) mass is 326 g/mol. The standard InChI is InChI=1S/C13H15BrN2OS/c1-17-13-4-2-3-10(16-13)9-15-8-7-11-5-6-12(14)18-11/h2-6,15H,7-9H2,1H3. The molecular weight excluding hydrogens is 312 g/mol. The molecule has 0 aliphatic carbocycles. The summed E-state index contributed by atoms with van der Waals surface area (Å²) in [6.07, 6.45) is 1.04. The average Bonchev–Trinajstić information content (AvgIpc) is 2.81. The second-order valence-electron chi connectivity index (χ2n) is 3.80. The lowest BCUT2D eigenvalue weighted by atomic mass is 10.3. The van der Waals surface area contributed by atoms with E-state index in [2.05, 4.69) is 38.4 Å². The molecule has 2 rings (SSSR count). The molecule has 2 heterocycles. The van der Waals surface area contributed by atoms with E-state index in [0.29, 0.717) is 5.88 Å². The van der Waals surface area contributed by atoms with Crippen LogP contribution in [0.2, 0.25) is 0 Å². The van der Waals surface area contributed by atoms with Crippen LogP contribution in [0.25, 0.3) is 0 Å². The fraction of sp³-hybridized carbons (Fsp3) is 0.308. The minimum atomic E-state index is 0.663. The molecule has 0 aliphatic rings. The van der Waals surface area contributed by atoms with Crippen LogP contribution in [0, 0.1) is 0 Å². The van der Waals surface area contributed by atoms with Gasteiger partial charge in [-0.1, -0.05) is 6.07 Å². The van der Waals surface area contributed by atoms with Crippen LogP contribution in [0.1, 0.15) is 10.6 Å². The molecule has 0 saturated carbocycles. The zero-order valence-electron chi connectivity index (χ0n) is 10.1. The van der Waals surface area contributed by atoms with Crippen LogP contribution >= 0.6 is 27.3 Å². The fourth-order valence-corrected chi connectivity index (χ4v) is 3.07. The number of nitrogens with zero attached hydrogens (tertiary/aromatic N) is 1. The Morgan fingerprint density at radius 1 is 1.33 bits per heavy atom. The Hall–Kier alpha value is -0.910. The number of rotatable bonds is 6. The number of nitrogens with one attached hydrogen (secondary N) is 1. The van der Waals surface area contributed by atoms with Gasteiger partial charge in [0.05, 0.1) is 16.6 Å². The molecule has 96 valence electrons. The van der Waals surface area contributed by atoms with Crippen molar-refractivity contribution < 1.29 is 4.74 Å². The number of thiophene rings is 1. The van der Waals surface area contributed by atoms with Crippen molar-refractivity contribution in [3.63, 3.8) is 0 Å². The maximum Gasteiger partial charge on any atom is 0.213 e. The Morgan fingerprint density at radius 2 is 2.22 bits per heavy atom. The first-order valence-electron chi connectivity index (χ1n) is 5.73. The largest absolute Gasteiger partial charge is 0.481 e. The number of hydrogen-bond acceptors (Lipinski definition) is 4. The highest BCUT2D eigenvalue weighted by Crippen LogP contribution is 2.22. The molecule has 0 radical (unpaired) electrons. The van der Waals surface area contributed by atoms with Crippen molar-refractivity contribution in [2.75, 3.05) is 13.7 Å². The van der Waals surface area contributed by atoms with E-state index in [1.54, 1.807) is 18.4 Å². The van der Waals surface area contributed by atoms with Crippen molar-refractivity contribution in [1.29, 1.82) is 0 Å². The van der Waals surface area contributed by atoms with Crippen molar-refractivity contribution in [3.8, 4) is 5.88 Å². The molecule has 5 heteroatoms. The summed E-state index contributed by atoms with van der Waals surface area (Å²) in [5, 5.41) is 3.38. The van der Waals surface area contributed by atoms with Gasteiger partial charge in [-0.15, -0.1) is 11.3 Å². The topological polar surface area (TPSA) is 34.1 Å². The molecule has 0 spiro atoms. The molecule has 0 aliphatic heterocycles. The van der Waals surface area contributed by atoms with Crippen molar-refractivity contribution in [2.45, 2.75) is 13.0 Å². The highest BCUT2D eigenvalue weighted by molar-refractivity contribution is 9.11. The Kier molecular flexibility index (Phi) is 5.16. The SMILES string of the molecule is COc1cccc(CNCCc2ccc(Br)s2)n1. The highest BCUT2D eigenvalue weighted by atomic mass is 79.9. The van der Waals surface area contributed by atoms with Gasteiger partial charge in [-0.3, -0.25) is 0 Å². The molecule has 0 fully saturated rings. The zero-order chi connectivity index (χ0) is 12.8. The minimum Gasteiger partial charge on any atom is -0.481 e. The number of methoxy groups -OCH3 is 1. The van der Waals surface area contributed by atoms with E-state index in [9.17, 15) is 0 Å². The van der Waals surface area contributed by atoms with Crippen LogP contribution in [-0.4, -0.2) is 18.6 Å². The van der Waals surface area contributed by atoms with Crippen molar-refractivity contribution in [1.82, 2.24) is 10.3 Å². The van der Waals surface area contributed by atoms with Crippen molar-refractivity contribution in [2.24, 2.45) is 0 Å². The molecule has 18 heavy (non-hydrogen) atoms. The summed E-state index contributed by atoms with van der Waals surface area (Å²) >= 11 is 5.25. The van der Waals surface area contributed by atoms with Crippen molar-refractivity contribution >= 4 is 27.3 Å². The van der Waals surface area contributed by atoms with E-state index in [0.717, 1.165) is 25.2 Å². The Bertz CT molecular complexity index is 501. The van der Waals surface area contributed by atoms with Crippen LogP contribution in [0.5, 0.6) is 5.88 Å². The van der Waals surface area contributed by atoms with Crippen LogP contribution in [0.15, 0.2) is 34.1 Å². The molecule has 0 saturated heterocycles. The summed E-state index contributed by atoms with van der Waals surface area (Å²) in [4.78, 5) is 5.73. The zero-order valence-corrected chi connectivity index (χ0v) is 12.6. The van der Waals surface area contributed by atoms with Crippen molar-refractivity contribution in [3.05, 3.63) is 44.7 Å². The molecule has 2 aromatic rings. The highest BCUT2D eigenvalue weighted by Gasteiger charge is 1.99. The molecule has 0 atom stereocenters. The summed E-state index contributed by atoms with van der Waals surface area (Å²) in [7, 11) is 1.63. The van der Waals surface area contributed by atoms with E-state index in [1.165, 1.54) is 8.66 Å². The third-order valence-electron chi connectivity index (χ3n) is 2.47. The number of halogens is 1. The maximum atomic E-state index is 5.09. The predicted octanol–water partition coefficient (Wildman–Crippen LogP) is 3.25. The first kappa shape index (κ1) is 13.5. The normalized spacial score (nSPS) is 10.6. The summed E-state index contributed by atoms with van der Waals surface area (Å²) in [5.41, 5.74) is 1.00. The van der Waals surface area contributed by atoms with E-state index < -0.39 is 0 Å².